The van der Waals surface area contributed by atoms with Crippen molar-refractivity contribution in [3.63, 3.8) is 0 Å². The molecule has 1 amide bonds. The van der Waals surface area contributed by atoms with E-state index >= 15 is 0 Å². The molecule has 1 unspecified atom stereocenters. The van der Waals surface area contributed by atoms with Gasteiger partial charge in [-0.1, -0.05) is 13.3 Å². The molecule has 5 heteroatoms. The zero-order valence-corrected chi connectivity index (χ0v) is 11.7. The van der Waals surface area contributed by atoms with E-state index in [0.717, 1.165) is 25.0 Å². The Bertz CT molecular complexity index is 407. The van der Waals surface area contributed by atoms with E-state index in [0.29, 0.717) is 12.5 Å². The number of amides is 1. The Kier molecular flexibility index (Phi) is 6.89. The van der Waals surface area contributed by atoms with Crippen LogP contribution in [0.5, 0.6) is 0 Å². The molecule has 0 saturated carbocycles. The lowest BCUT2D eigenvalue weighted by Crippen LogP contribution is -2.28. The Morgan fingerprint density at radius 1 is 1.58 bits per heavy atom. The second-order valence-corrected chi connectivity index (χ2v) is 4.63. The second kappa shape index (κ2) is 8.48. The maximum atomic E-state index is 11.7. The van der Waals surface area contributed by atoms with E-state index in [1.165, 1.54) is 6.08 Å². The van der Waals surface area contributed by atoms with Gasteiger partial charge in [0.25, 0.3) is 0 Å². The predicted octanol–water partition coefficient (Wildman–Crippen LogP) is 1.35. The van der Waals surface area contributed by atoms with Crippen LogP contribution in [0.4, 0.5) is 0 Å². The molecule has 1 aromatic heterocycles. The van der Waals surface area contributed by atoms with Crippen LogP contribution >= 0.6 is 0 Å². The summed E-state index contributed by atoms with van der Waals surface area (Å²) in [5, 5.41) is 15.8. The third-order valence-corrected chi connectivity index (χ3v) is 3.06. The summed E-state index contributed by atoms with van der Waals surface area (Å²) >= 11 is 0. The lowest BCUT2D eigenvalue weighted by molar-refractivity contribution is -0.116. The minimum absolute atomic E-state index is 0.111. The van der Waals surface area contributed by atoms with Crippen molar-refractivity contribution < 1.29 is 9.90 Å². The SMILES string of the molecule is CCCC(CCO)CNC(=O)/C=C/c1ccnn1C. The summed E-state index contributed by atoms with van der Waals surface area (Å²) in [6.07, 6.45) is 7.76. The Morgan fingerprint density at radius 3 is 2.95 bits per heavy atom. The first kappa shape index (κ1) is 15.4. The Hall–Kier alpha value is -1.62. The molecule has 0 aromatic carbocycles. The third-order valence-electron chi connectivity index (χ3n) is 3.06. The topological polar surface area (TPSA) is 67.2 Å². The predicted molar refractivity (Wildman–Crippen MR) is 75.4 cm³/mol. The van der Waals surface area contributed by atoms with E-state index < -0.39 is 0 Å². The van der Waals surface area contributed by atoms with Crippen molar-refractivity contribution in [3.05, 3.63) is 24.0 Å². The molecule has 1 heterocycles. The van der Waals surface area contributed by atoms with E-state index in [2.05, 4.69) is 17.3 Å². The minimum atomic E-state index is -0.111. The van der Waals surface area contributed by atoms with Gasteiger partial charge in [-0.3, -0.25) is 9.48 Å². The molecular weight excluding hydrogens is 242 g/mol. The van der Waals surface area contributed by atoms with Crippen molar-refractivity contribution in [2.24, 2.45) is 13.0 Å². The van der Waals surface area contributed by atoms with Crippen molar-refractivity contribution in [2.75, 3.05) is 13.2 Å². The molecular formula is C14H23N3O2. The third kappa shape index (κ3) is 5.70. The molecule has 19 heavy (non-hydrogen) atoms. The summed E-state index contributed by atoms with van der Waals surface area (Å²) in [5.41, 5.74) is 0.885. The van der Waals surface area contributed by atoms with Crippen LogP contribution in [0.2, 0.25) is 0 Å². The monoisotopic (exact) mass is 265 g/mol. The highest BCUT2D eigenvalue weighted by molar-refractivity contribution is 5.91. The van der Waals surface area contributed by atoms with Crippen molar-refractivity contribution in [1.82, 2.24) is 15.1 Å². The van der Waals surface area contributed by atoms with Gasteiger partial charge in [-0.15, -0.1) is 0 Å². The fourth-order valence-corrected chi connectivity index (χ4v) is 1.95. The number of aryl methyl sites for hydroxylation is 1. The first-order valence-electron chi connectivity index (χ1n) is 6.72. The quantitative estimate of drug-likeness (QED) is 0.697. The number of hydrogen-bond donors (Lipinski definition) is 2. The Morgan fingerprint density at radius 2 is 2.37 bits per heavy atom. The molecule has 0 aliphatic carbocycles. The molecule has 0 aliphatic rings. The van der Waals surface area contributed by atoms with Crippen LogP contribution < -0.4 is 5.32 Å². The van der Waals surface area contributed by atoms with Gasteiger partial charge in [0.1, 0.15) is 0 Å². The van der Waals surface area contributed by atoms with Crippen LogP contribution in [-0.2, 0) is 11.8 Å². The number of aliphatic hydroxyl groups excluding tert-OH is 1. The number of aromatic nitrogens is 2. The number of carbonyl (C=O) groups excluding carboxylic acids is 1. The molecule has 5 nitrogen and oxygen atoms in total. The molecule has 0 radical (unpaired) electrons. The van der Waals surface area contributed by atoms with Crippen molar-refractivity contribution in [2.45, 2.75) is 26.2 Å². The van der Waals surface area contributed by atoms with Crippen LogP contribution in [0.25, 0.3) is 6.08 Å². The molecule has 1 atom stereocenters. The molecule has 0 saturated heterocycles. The molecule has 0 bridgehead atoms. The van der Waals surface area contributed by atoms with Gasteiger partial charge in [-0.05, 0) is 30.9 Å². The Balaban J connectivity index is 2.38. The van der Waals surface area contributed by atoms with Gasteiger partial charge in [0, 0.05) is 32.5 Å². The second-order valence-electron chi connectivity index (χ2n) is 4.63. The van der Waals surface area contributed by atoms with E-state index in [1.807, 2.05) is 13.1 Å². The van der Waals surface area contributed by atoms with Gasteiger partial charge in [0.2, 0.25) is 5.91 Å². The largest absolute Gasteiger partial charge is 0.396 e. The van der Waals surface area contributed by atoms with Crippen LogP contribution in [0, 0.1) is 5.92 Å². The fourth-order valence-electron chi connectivity index (χ4n) is 1.95. The molecule has 0 aliphatic heterocycles. The van der Waals surface area contributed by atoms with Gasteiger partial charge < -0.3 is 10.4 Å². The molecule has 0 fully saturated rings. The highest BCUT2D eigenvalue weighted by atomic mass is 16.3. The lowest BCUT2D eigenvalue weighted by atomic mass is 10.0. The van der Waals surface area contributed by atoms with Gasteiger partial charge in [-0.2, -0.15) is 5.10 Å². The van der Waals surface area contributed by atoms with Gasteiger partial charge in [-0.25, -0.2) is 0 Å². The maximum Gasteiger partial charge on any atom is 0.244 e. The summed E-state index contributed by atoms with van der Waals surface area (Å²) in [6.45, 7) is 2.89. The fraction of sp³-hybridized carbons (Fsp3) is 0.571. The highest BCUT2D eigenvalue weighted by Gasteiger charge is 2.08. The maximum absolute atomic E-state index is 11.7. The van der Waals surface area contributed by atoms with E-state index in [-0.39, 0.29) is 12.5 Å². The summed E-state index contributed by atoms with van der Waals surface area (Å²) in [5.74, 6) is 0.240. The van der Waals surface area contributed by atoms with Gasteiger partial charge >= 0.3 is 0 Å². The minimum Gasteiger partial charge on any atom is -0.396 e. The first-order valence-corrected chi connectivity index (χ1v) is 6.72. The normalized spacial score (nSPS) is 12.8. The number of aliphatic hydroxyl groups is 1. The highest BCUT2D eigenvalue weighted by Crippen LogP contribution is 2.09. The summed E-state index contributed by atoms with van der Waals surface area (Å²) in [6, 6.07) is 1.84. The Labute approximate surface area is 114 Å². The van der Waals surface area contributed by atoms with Crippen LogP contribution in [-0.4, -0.2) is 33.9 Å². The summed E-state index contributed by atoms with van der Waals surface area (Å²) < 4.78 is 1.70. The standard InChI is InChI=1S/C14H23N3O2/c1-3-4-12(8-10-18)11-15-14(19)6-5-13-7-9-16-17(13)2/h5-7,9,12,18H,3-4,8,10-11H2,1-2H3,(H,15,19)/b6-5+. The average molecular weight is 265 g/mol. The smallest absolute Gasteiger partial charge is 0.244 e. The number of hydrogen-bond acceptors (Lipinski definition) is 3. The van der Waals surface area contributed by atoms with Crippen molar-refractivity contribution in [1.29, 1.82) is 0 Å². The first-order chi connectivity index (χ1) is 9.17. The molecule has 1 aromatic rings. The zero-order valence-electron chi connectivity index (χ0n) is 11.7. The van der Waals surface area contributed by atoms with E-state index in [4.69, 9.17) is 5.11 Å². The average Bonchev–Trinajstić information content (AvgIpc) is 2.79. The zero-order chi connectivity index (χ0) is 14.1. The van der Waals surface area contributed by atoms with Gasteiger partial charge in [0.15, 0.2) is 0 Å². The number of nitrogens with zero attached hydrogens (tertiary/aromatic N) is 2. The van der Waals surface area contributed by atoms with Gasteiger partial charge in [0.05, 0.1) is 5.69 Å². The molecule has 1 rings (SSSR count). The number of rotatable bonds is 8. The van der Waals surface area contributed by atoms with Crippen molar-refractivity contribution >= 4 is 12.0 Å². The van der Waals surface area contributed by atoms with Crippen LogP contribution in [0.3, 0.4) is 0 Å². The molecule has 2 N–H and O–H groups in total. The number of nitrogens with one attached hydrogen (secondary N) is 1. The summed E-state index contributed by atoms with van der Waals surface area (Å²) in [4.78, 5) is 11.7. The van der Waals surface area contributed by atoms with Crippen molar-refractivity contribution in [3.8, 4) is 0 Å². The molecule has 106 valence electrons. The number of carbonyl (C=O) groups is 1. The summed E-state index contributed by atoms with van der Waals surface area (Å²) in [7, 11) is 1.83. The van der Waals surface area contributed by atoms with Crippen LogP contribution in [0.15, 0.2) is 18.3 Å². The molecule has 0 spiro atoms. The van der Waals surface area contributed by atoms with E-state index in [9.17, 15) is 4.79 Å². The van der Waals surface area contributed by atoms with Crippen LogP contribution in [0.1, 0.15) is 31.9 Å². The lowest BCUT2D eigenvalue weighted by Gasteiger charge is -2.14. The van der Waals surface area contributed by atoms with E-state index in [1.54, 1.807) is 17.0 Å².